The van der Waals surface area contributed by atoms with Gasteiger partial charge < -0.3 is 5.32 Å². The molecule has 102 valence electrons. The van der Waals surface area contributed by atoms with Gasteiger partial charge in [0.1, 0.15) is 5.82 Å². The van der Waals surface area contributed by atoms with E-state index in [1.165, 1.54) is 5.56 Å². The van der Waals surface area contributed by atoms with E-state index in [-0.39, 0.29) is 6.04 Å². The monoisotopic (exact) mass is 279 g/mol. The molecule has 1 aromatic carbocycles. The predicted octanol–water partition coefficient (Wildman–Crippen LogP) is 2.28. The van der Waals surface area contributed by atoms with Crippen LogP contribution in [-0.2, 0) is 11.3 Å². The molecular formula is C14H18ClN3O. The zero-order chi connectivity index (χ0) is 13.8. The molecule has 1 aliphatic rings. The third-order valence-corrected chi connectivity index (χ3v) is 3.79. The van der Waals surface area contributed by atoms with Gasteiger partial charge in [-0.2, -0.15) is 0 Å². The average molecular weight is 280 g/mol. The number of nitrogens with one attached hydrogen (secondary N) is 1. The standard InChI is InChI=1S/C14H18ClN3O/c1-3-12-13(15)14(16-10-19)17(2)18(12)9-11-7-5-4-6-8-11/h4-8,10,12H,3,9H2,1-2H3,(H,16,19). The fourth-order valence-corrected chi connectivity index (χ4v) is 2.82. The van der Waals surface area contributed by atoms with Crippen LogP contribution in [0.4, 0.5) is 0 Å². The number of benzene rings is 1. The smallest absolute Gasteiger partial charge is 0.212 e. The molecule has 0 bridgehead atoms. The second kappa shape index (κ2) is 6.08. The van der Waals surface area contributed by atoms with E-state index in [1.54, 1.807) is 0 Å². The number of nitrogens with zero attached hydrogens (tertiary/aromatic N) is 2. The number of carbonyl (C=O) groups is 1. The summed E-state index contributed by atoms with van der Waals surface area (Å²) in [5.41, 5.74) is 1.21. The molecule has 1 aliphatic heterocycles. The van der Waals surface area contributed by atoms with Crippen LogP contribution in [0.5, 0.6) is 0 Å². The molecule has 4 nitrogen and oxygen atoms in total. The van der Waals surface area contributed by atoms with Crippen molar-refractivity contribution in [2.75, 3.05) is 7.05 Å². The zero-order valence-electron chi connectivity index (χ0n) is 11.1. The minimum Gasteiger partial charge on any atom is -0.313 e. The summed E-state index contributed by atoms with van der Waals surface area (Å²) in [4.78, 5) is 10.7. The van der Waals surface area contributed by atoms with E-state index in [9.17, 15) is 4.79 Å². The summed E-state index contributed by atoms with van der Waals surface area (Å²) >= 11 is 6.35. The quantitative estimate of drug-likeness (QED) is 0.840. The Bertz CT molecular complexity index is 475. The van der Waals surface area contributed by atoms with Gasteiger partial charge in [0.15, 0.2) is 0 Å². The second-order valence-electron chi connectivity index (χ2n) is 4.49. The van der Waals surface area contributed by atoms with Crippen molar-refractivity contribution < 1.29 is 4.79 Å². The van der Waals surface area contributed by atoms with Gasteiger partial charge in [0, 0.05) is 13.6 Å². The van der Waals surface area contributed by atoms with Gasteiger partial charge in [0.05, 0.1) is 11.1 Å². The van der Waals surface area contributed by atoms with E-state index in [4.69, 9.17) is 11.6 Å². The highest BCUT2D eigenvalue weighted by molar-refractivity contribution is 6.30. The Morgan fingerprint density at radius 1 is 1.37 bits per heavy atom. The molecule has 1 unspecified atom stereocenters. The van der Waals surface area contributed by atoms with Crippen LogP contribution in [0.2, 0.25) is 0 Å². The first kappa shape index (κ1) is 13.9. The van der Waals surface area contributed by atoms with E-state index in [1.807, 2.05) is 30.3 Å². The lowest BCUT2D eigenvalue weighted by molar-refractivity contribution is -0.109. The number of amides is 1. The molecule has 0 aromatic heterocycles. The topological polar surface area (TPSA) is 35.6 Å². The van der Waals surface area contributed by atoms with Crippen LogP contribution in [0.3, 0.4) is 0 Å². The Morgan fingerprint density at radius 3 is 2.63 bits per heavy atom. The number of halogens is 1. The lowest BCUT2D eigenvalue weighted by Crippen LogP contribution is -2.41. The van der Waals surface area contributed by atoms with Crippen LogP contribution in [0.1, 0.15) is 18.9 Å². The summed E-state index contributed by atoms with van der Waals surface area (Å²) in [6.45, 7) is 2.85. The summed E-state index contributed by atoms with van der Waals surface area (Å²) in [6, 6.07) is 10.3. The Balaban J connectivity index is 2.20. The molecular weight excluding hydrogens is 262 g/mol. The fraction of sp³-hybridized carbons (Fsp3) is 0.357. The van der Waals surface area contributed by atoms with E-state index in [0.29, 0.717) is 17.3 Å². The second-order valence-corrected chi connectivity index (χ2v) is 4.90. The summed E-state index contributed by atoms with van der Waals surface area (Å²) in [5.74, 6) is 0.666. The lowest BCUT2D eigenvalue weighted by Gasteiger charge is -2.32. The van der Waals surface area contributed by atoms with Crippen molar-refractivity contribution in [3.63, 3.8) is 0 Å². The Morgan fingerprint density at radius 2 is 2.05 bits per heavy atom. The fourth-order valence-electron chi connectivity index (χ4n) is 2.38. The van der Waals surface area contributed by atoms with Crippen molar-refractivity contribution >= 4 is 18.0 Å². The van der Waals surface area contributed by atoms with E-state index in [0.717, 1.165) is 13.0 Å². The summed E-state index contributed by atoms with van der Waals surface area (Å²) in [6.07, 6.45) is 1.55. The SMILES string of the molecule is CCC1C(Cl)=C(NC=O)N(C)N1Cc1ccccc1. The van der Waals surface area contributed by atoms with Gasteiger partial charge in [-0.3, -0.25) is 9.80 Å². The van der Waals surface area contributed by atoms with Crippen molar-refractivity contribution in [1.82, 2.24) is 15.3 Å². The summed E-state index contributed by atoms with van der Waals surface area (Å²) in [7, 11) is 1.91. The maximum absolute atomic E-state index is 10.7. The van der Waals surface area contributed by atoms with Crippen LogP contribution in [-0.4, -0.2) is 29.5 Å². The normalized spacial score (nSPS) is 19.9. The van der Waals surface area contributed by atoms with Gasteiger partial charge in [-0.1, -0.05) is 48.9 Å². The third-order valence-electron chi connectivity index (χ3n) is 3.36. The molecule has 2 rings (SSSR count). The molecule has 1 N–H and O–H groups in total. The molecule has 1 aromatic rings. The molecule has 0 saturated heterocycles. The van der Waals surface area contributed by atoms with Crippen LogP contribution < -0.4 is 5.32 Å². The van der Waals surface area contributed by atoms with Gasteiger partial charge in [-0.05, 0) is 12.0 Å². The van der Waals surface area contributed by atoms with Crippen molar-refractivity contribution in [2.45, 2.75) is 25.9 Å². The molecule has 19 heavy (non-hydrogen) atoms. The molecule has 1 heterocycles. The highest BCUT2D eigenvalue weighted by Crippen LogP contribution is 2.32. The molecule has 0 fully saturated rings. The lowest BCUT2D eigenvalue weighted by atomic mass is 10.1. The molecule has 1 atom stereocenters. The maximum atomic E-state index is 10.7. The van der Waals surface area contributed by atoms with E-state index in [2.05, 4.69) is 29.4 Å². The van der Waals surface area contributed by atoms with Crippen LogP contribution in [0.25, 0.3) is 0 Å². The van der Waals surface area contributed by atoms with Crippen LogP contribution >= 0.6 is 11.6 Å². The van der Waals surface area contributed by atoms with Crippen molar-refractivity contribution in [2.24, 2.45) is 0 Å². The number of hydrazine groups is 1. The Hall–Kier alpha value is -1.52. The van der Waals surface area contributed by atoms with Crippen molar-refractivity contribution in [3.05, 3.63) is 46.7 Å². The maximum Gasteiger partial charge on any atom is 0.212 e. The number of hydrogen-bond acceptors (Lipinski definition) is 3. The molecule has 1 amide bonds. The summed E-state index contributed by atoms with van der Waals surface area (Å²) in [5, 5.41) is 7.43. The number of carbonyl (C=O) groups excluding carboxylic acids is 1. The first-order valence-electron chi connectivity index (χ1n) is 6.33. The minimum atomic E-state index is 0.106. The number of rotatable bonds is 5. The molecule has 0 radical (unpaired) electrons. The van der Waals surface area contributed by atoms with Gasteiger partial charge in [-0.25, -0.2) is 5.01 Å². The zero-order valence-corrected chi connectivity index (χ0v) is 11.9. The minimum absolute atomic E-state index is 0.106. The van der Waals surface area contributed by atoms with Crippen molar-refractivity contribution in [1.29, 1.82) is 0 Å². The highest BCUT2D eigenvalue weighted by atomic mass is 35.5. The highest BCUT2D eigenvalue weighted by Gasteiger charge is 2.34. The van der Waals surface area contributed by atoms with E-state index < -0.39 is 0 Å². The molecule has 5 heteroatoms. The van der Waals surface area contributed by atoms with Crippen LogP contribution in [0.15, 0.2) is 41.2 Å². The first-order chi connectivity index (χ1) is 9.19. The molecule has 0 spiro atoms. The molecule has 0 aliphatic carbocycles. The Labute approximate surface area is 118 Å². The van der Waals surface area contributed by atoms with Gasteiger partial charge in [0.25, 0.3) is 0 Å². The average Bonchev–Trinajstić information content (AvgIpc) is 2.65. The van der Waals surface area contributed by atoms with Crippen molar-refractivity contribution in [3.8, 4) is 0 Å². The first-order valence-corrected chi connectivity index (χ1v) is 6.70. The number of hydrogen-bond donors (Lipinski definition) is 1. The van der Waals surface area contributed by atoms with Gasteiger partial charge in [0.2, 0.25) is 6.41 Å². The van der Waals surface area contributed by atoms with Gasteiger partial charge in [-0.15, -0.1) is 0 Å². The summed E-state index contributed by atoms with van der Waals surface area (Å²) < 4.78 is 0. The Kier molecular flexibility index (Phi) is 4.45. The third kappa shape index (κ3) is 2.74. The molecule has 0 saturated carbocycles. The predicted molar refractivity (Wildman–Crippen MR) is 75.9 cm³/mol. The van der Waals surface area contributed by atoms with Gasteiger partial charge >= 0.3 is 0 Å². The van der Waals surface area contributed by atoms with Crippen LogP contribution in [0, 0.1) is 0 Å². The largest absolute Gasteiger partial charge is 0.313 e. The van der Waals surface area contributed by atoms with E-state index >= 15 is 0 Å².